The van der Waals surface area contributed by atoms with E-state index < -0.39 is 17.8 Å². The van der Waals surface area contributed by atoms with Crippen molar-refractivity contribution < 1.29 is 14.7 Å². The van der Waals surface area contributed by atoms with E-state index in [0.717, 1.165) is 4.47 Å². The summed E-state index contributed by atoms with van der Waals surface area (Å²) in [5, 5.41) is 9.24. The Labute approximate surface area is 107 Å². The molecular formula is C12H12BrNO3. The highest BCUT2D eigenvalue weighted by Gasteiger charge is 2.35. The summed E-state index contributed by atoms with van der Waals surface area (Å²) in [4.78, 5) is 24.9. The molecule has 1 aliphatic rings. The quantitative estimate of drug-likeness (QED) is 0.865. The van der Waals surface area contributed by atoms with Gasteiger partial charge in [-0.3, -0.25) is 9.59 Å². The van der Waals surface area contributed by atoms with Crippen LogP contribution in [-0.4, -0.2) is 29.4 Å². The summed E-state index contributed by atoms with van der Waals surface area (Å²) < 4.78 is 0.820. The lowest BCUT2D eigenvalue weighted by molar-refractivity contribution is -0.114. The summed E-state index contributed by atoms with van der Waals surface area (Å²) in [6.07, 6.45) is -0.0422. The fraction of sp³-hybridized carbons (Fsp3) is 0.333. The first-order valence-electron chi connectivity index (χ1n) is 5.34. The topological polar surface area (TPSA) is 57.6 Å². The molecule has 0 bridgehead atoms. The number of anilines is 1. The number of nitrogens with zero attached hydrogens (tertiary/aromatic N) is 1. The molecule has 1 atom stereocenters. The zero-order chi connectivity index (χ0) is 12.6. The minimum absolute atomic E-state index is 0.353. The Morgan fingerprint density at radius 1 is 1.41 bits per heavy atom. The third kappa shape index (κ3) is 2.25. The average Bonchev–Trinajstić information content (AvgIpc) is 2.49. The standard InChI is InChI=1S/C12H12BrNO3/c1-7(15)4-5-14-10-6-8(13)2-3-9(10)11(16)12(14)17/h2-3,6-7,15H,4-5H2,1H3. The Morgan fingerprint density at radius 3 is 2.76 bits per heavy atom. The van der Waals surface area contributed by atoms with Gasteiger partial charge in [0.05, 0.1) is 17.4 Å². The smallest absolute Gasteiger partial charge is 0.299 e. The second-order valence-corrected chi connectivity index (χ2v) is 5.00. The fourth-order valence-corrected chi connectivity index (χ4v) is 2.15. The van der Waals surface area contributed by atoms with Gasteiger partial charge >= 0.3 is 0 Å². The van der Waals surface area contributed by atoms with Crippen LogP contribution in [-0.2, 0) is 4.79 Å². The number of rotatable bonds is 3. The van der Waals surface area contributed by atoms with Crippen molar-refractivity contribution in [2.24, 2.45) is 0 Å². The normalized spacial score (nSPS) is 16.3. The molecule has 0 saturated carbocycles. The van der Waals surface area contributed by atoms with E-state index in [1.807, 2.05) is 0 Å². The van der Waals surface area contributed by atoms with E-state index >= 15 is 0 Å². The highest BCUT2D eigenvalue weighted by Crippen LogP contribution is 2.31. The number of hydrogen-bond acceptors (Lipinski definition) is 3. The second-order valence-electron chi connectivity index (χ2n) is 4.09. The number of hydrogen-bond donors (Lipinski definition) is 1. The molecular weight excluding hydrogens is 286 g/mol. The average molecular weight is 298 g/mol. The first-order valence-corrected chi connectivity index (χ1v) is 6.14. The van der Waals surface area contributed by atoms with E-state index in [1.54, 1.807) is 25.1 Å². The molecule has 4 nitrogen and oxygen atoms in total. The summed E-state index contributed by atoms with van der Waals surface area (Å²) in [5.41, 5.74) is 1.05. The van der Waals surface area contributed by atoms with E-state index in [1.165, 1.54) is 4.90 Å². The van der Waals surface area contributed by atoms with E-state index in [-0.39, 0.29) is 0 Å². The van der Waals surface area contributed by atoms with Gasteiger partial charge in [0, 0.05) is 11.0 Å². The molecule has 1 aromatic rings. The van der Waals surface area contributed by atoms with Gasteiger partial charge in [-0.15, -0.1) is 0 Å². The van der Waals surface area contributed by atoms with Crippen molar-refractivity contribution >= 4 is 33.3 Å². The first kappa shape index (κ1) is 12.3. The summed E-state index contributed by atoms with van der Waals surface area (Å²) >= 11 is 3.31. The van der Waals surface area contributed by atoms with Crippen LogP contribution in [0.4, 0.5) is 5.69 Å². The Hall–Kier alpha value is -1.20. The van der Waals surface area contributed by atoms with Crippen LogP contribution in [0.25, 0.3) is 0 Å². The lowest BCUT2D eigenvalue weighted by atomic mass is 10.1. The van der Waals surface area contributed by atoms with Gasteiger partial charge in [-0.05, 0) is 31.5 Å². The van der Waals surface area contributed by atoms with Crippen LogP contribution < -0.4 is 4.90 Å². The molecule has 1 aliphatic heterocycles. The highest BCUT2D eigenvalue weighted by molar-refractivity contribution is 9.10. The van der Waals surface area contributed by atoms with Gasteiger partial charge in [0.2, 0.25) is 0 Å². The Morgan fingerprint density at radius 2 is 2.12 bits per heavy atom. The van der Waals surface area contributed by atoms with Crippen LogP contribution >= 0.6 is 15.9 Å². The molecule has 1 unspecified atom stereocenters. The summed E-state index contributed by atoms with van der Waals surface area (Å²) in [6, 6.07) is 5.13. The van der Waals surface area contributed by atoms with Crippen LogP contribution in [0.15, 0.2) is 22.7 Å². The molecule has 0 aromatic heterocycles. The van der Waals surface area contributed by atoms with Crippen LogP contribution in [0, 0.1) is 0 Å². The largest absolute Gasteiger partial charge is 0.393 e. The van der Waals surface area contributed by atoms with E-state index in [4.69, 9.17) is 0 Å². The van der Waals surface area contributed by atoms with E-state index in [9.17, 15) is 14.7 Å². The van der Waals surface area contributed by atoms with Gasteiger partial charge in [0.1, 0.15) is 0 Å². The number of aliphatic hydroxyl groups is 1. The molecule has 0 aliphatic carbocycles. The SMILES string of the molecule is CC(O)CCN1C(=O)C(=O)c2ccc(Br)cc21. The Balaban J connectivity index is 2.33. The Bertz CT molecular complexity index is 485. The maximum atomic E-state index is 11.8. The lowest BCUT2D eigenvalue weighted by Crippen LogP contribution is -2.32. The molecule has 2 rings (SSSR count). The second kappa shape index (κ2) is 4.58. The minimum atomic E-state index is -0.515. The molecule has 17 heavy (non-hydrogen) atoms. The van der Waals surface area contributed by atoms with Crippen molar-refractivity contribution in [2.75, 3.05) is 11.4 Å². The van der Waals surface area contributed by atoms with Crippen molar-refractivity contribution in [1.82, 2.24) is 0 Å². The fourth-order valence-electron chi connectivity index (χ4n) is 1.81. The van der Waals surface area contributed by atoms with Crippen LogP contribution in [0.5, 0.6) is 0 Å². The van der Waals surface area contributed by atoms with Gasteiger partial charge in [0.15, 0.2) is 0 Å². The van der Waals surface area contributed by atoms with Crippen LogP contribution in [0.2, 0.25) is 0 Å². The van der Waals surface area contributed by atoms with Gasteiger partial charge in [-0.25, -0.2) is 0 Å². The van der Waals surface area contributed by atoms with Gasteiger partial charge in [0.25, 0.3) is 11.7 Å². The third-order valence-corrected chi connectivity index (χ3v) is 3.20. The molecule has 1 heterocycles. The molecule has 0 spiro atoms. The van der Waals surface area contributed by atoms with Crippen molar-refractivity contribution in [1.29, 1.82) is 0 Å². The number of halogens is 1. The molecule has 90 valence electrons. The Kier molecular flexibility index (Phi) is 3.31. The number of benzene rings is 1. The molecule has 1 aromatic carbocycles. The van der Waals surface area contributed by atoms with Crippen molar-refractivity contribution in [3.8, 4) is 0 Å². The number of amides is 1. The number of carbonyl (C=O) groups is 2. The molecule has 0 fully saturated rings. The zero-order valence-corrected chi connectivity index (χ0v) is 10.9. The van der Waals surface area contributed by atoms with Crippen molar-refractivity contribution in [3.63, 3.8) is 0 Å². The zero-order valence-electron chi connectivity index (χ0n) is 9.31. The molecule has 0 saturated heterocycles. The third-order valence-electron chi connectivity index (χ3n) is 2.71. The molecule has 5 heteroatoms. The number of fused-ring (bicyclic) bond motifs is 1. The van der Waals surface area contributed by atoms with Gasteiger partial charge in [-0.1, -0.05) is 15.9 Å². The summed E-state index contributed by atoms with van der Waals surface area (Å²) in [5.74, 6) is -0.989. The van der Waals surface area contributed by atoms with Crippen molar-refractivity contribution in [2.45, 2.75) is 19.4 Å². The summed E-state index contributed by atoms with van der Waals surface area (Å²) in [7, 11) is 0. The maximum Gasteiger partial charge on any atom is 0.299 e. The van der Waals surface area contributed by atoms with Crippen LogP contribution in [0.1, 0.15) is 23.7 Å². The highest BCUT2D eigenvalue weighted by atomic mass is 79.9. The summed E-state index contributed by atoms with van der Waals surface area (Å²) in [6.45, 7) is 2.01. The van der Waals surface area contributed by atoms with E-state index in [2.05, 4.69) is 15.9 Å². The van der Waals surface area contributed by atoms with Crippen molar-refractivity contribution in [3.05, 3.63) is 28.2 Å². The van der Waals surface area contributed by atoms with Crippen LogP contribution in [0.3, 0.4) is 0 Å². The predicted molar refractivity (Wildman–Crippen MR) is 67.1 cm³/mol. The number of carbonyl (C=O) groups excluding carboxylic acids is 2. The lowest BCUT2D eigenvalue weighted by Gasteiger charge is -2.17. The monoisotopic (exact) mass is 297 g/mol. The minimum Gasteiger partial charge on any atom is -0.393 e. The maximum absolute atomic E-state index is 11.8. The number of Topliss-reactive ketones (excluding diaryl/α,β-unsaturated/α-hetero) is 1. The van der Waals surface area contributed by atoms with E-state index in [0.29, 0.717) is 24.2 Å². The number of ketones is 1. The first-order chi connectivity index (χ1) is 8.00. The van der Waals surface area contributed by atoms with Gasteiger partial charge in [-0.2, -0.15) is 0 Å². The molecule has 1 amide bonds. The molecule has 1 N–H and O–H groups in total. The number of aliphatic hydroxyl groups excluding tert-OH is 1. The molecule has 0 radical (unpaired) electrons. The van der Waals surface area contributed by atoms with Gasteiger partial charge < -0.3 is 10.0 Å². The predicted octanol–water partition coefficient (Wildman–Crippen LogP) is 1.75.